The molecule has 0 amide bonds. The van der Waals surface area contributed by atoms with E-state index in [0.717, 1.165) is 0 Å². The van der Waals surface area contributed by atoms with Crippen LogP contribution in [0.15, 0.2) is 9.98 Å². The Morgan fingerprint density at radius 2 is 1.55 bits per heavy atom. The van der Waals surface area contributed by atoms with Crippen LogP contribution in [0.5, 0.6) is 0 Å². The van der Waals surface area contributed by atoms with Crippen LogP contribution in [-0.4, -0.2) is 18.2 Å². The Bertz CT molecular complexity index is 188. The van der Waals surface area contributed by atoms with Gasteiger partial charge in [0.15, 0.2) is 5.96 Å². The fourth-order valence-corrected chi connectivity index (χ4v) is 0.287. The number of aliphatic imine (C=N–C) groups is 2. The maximum atomic E-state index is 11.3. The summed E-state index contributed by atoms with van der Waals surface area (Å²) in [5, 5.41) is 0. The maximum Gasteiger partial charge on any atom is 0.506 e. The lowest BCUT2D eigenvalue weighted by molar-refractivity contribution is -0.119. The van der Waals surface area contributed by atoms with Crippen molar-refractivity contribution in [2.24, 2.45) is 27.2 Å². The number of hydrogen-bond acceptors (Lipinski definition) is 1. The van der Waals surface area contributed by atoms with Gasteiger partial charge in [-0.25, -0.2) is 0 Å². The molecule has 6 N–H and O–H groups in total. The molecule has 11 heavy (non-hydrogen) atoms. The van der Waals surface area contributed by atoms with Crippen LogP contribution in [0.2, 0.25) is 0 Å². The predicted octanol–water partition coefficient (Wildman–Crippen LogP) is -0.906. The number of rotatable bonds is 0. The second-order valence-corrected chi connectivity index (χ2v) is 1.47. The third kappa shape index (κ3) is 6.41. The van der Waals surface area contributed by atoms with Crippen molar-refractivity contribution in [2.45, 2.75) is 6.30 Å². The molecule has 0 aromatic heterocycles. The summed E-state index contributed by atoms with van der Waals surface area (Å²) in [5.74, 6) is -1.59. The zero-order valence-corrected chi connectivity index (χ0v) is 5.26. The molecule has 0 aromatic carbocycles. The van der Waals surface area contributed by atoms with Crippen LogP contribution in [0.25, 0.3) is 0 Å². The average molecular weight is 169 g/mol. The molecular formula is C3H6F3N5. The van der Waals surface area contributed by atoms with Gasteiger partial charge in [-0.05, 0) is 0 Å². The number of halogens is 3. The van der Waals surface area contributed by atoms with Gasteiger partial charge >= 0.3 is 6.30 Å². The van der Waals surface area contributed by atoms with Gasteiger partial charge in [-0.1, -0.05) is 0 Å². The normalized spacial score (nSPS) is 12.8. The van der Waals surface area contributed by atoms with Gasteiger partial charge in [0.1, 0.15) is 0 Å². The van der Waals surface area contributed by atoms with Gasteiger partial charge < -0.3 is 17.2 Å². The van der Waals surface area contributed by atoms with E-state index in [2.05, 4.69) is 10.7 Å². The van der Waals surface area contributed by atoms with Gasteiger partial charge in [-0.3, -0.25) is 0 Å². The first-order chi connectivity index (χ1) is 4.81. The van der Waals surface area contributed by atoms with Crippen molar-refractivity contribution < 1.29 is 13.2 Å². The van der Waals surface area contributed by atoms with Crippen LogP contribution in [0.1, 0.15) is 0 Å². The molecular weight excluding hydrogens is 163 g/mol. The van der Waals surface area contributed by atoms with Crippen molar-refractivity contribution in [1.82, 2.24) is 0 Å². The second kappa shape index (κ2) is 3.08. The van der Waals surface area contributed by atoms with Crippen molar-refractivity contribution in [1.29, 1.82) is 0 Å². The van der Waals surface area contributed by atoms with Gasteiger partial charge in [0.05, 0.1) is 0 Å². The molecule has 64 valence electrons. The molecule has 0 aromatic rings. The second-order valence-electron chi connectivity index (χ2n) is 1.47. The van der Waals surface area contributed by atoms with Crippen molar-refractivity contribution in [3.05, 3.63) is 0 Å². The lowest BCUT2D eigenvalue weighted by Gasteiger charge is -1.97. The molecule has 0 saturated carbocycles. The van der Waals surface area contributed by atoms with E-state index in [1.54, 1.807) is 0 Å². The first kappa shape index (κ1) is 9.53. The summed E-state index contributed by atoms with van der Waals surface area (Å²) in [6, 6.07) is 0. The number of alkyl halides is 3. The summed E-state index contributed by atoms with van der Waals surface area (Å²) in [6.07, 6.45) is -4.75. The molecule has 0 aliphatic rings. The van der Waals surface area contributed by atoms with E-state index in [-0.39, 0.29) is 0 Å². The summed E-state index contributed by atoms with van der Waals surface area (Å²) in [5.41, 5.74) is 14.1. The first-order valence-electron chi connectivity index (χ1n) is 2.33. The van der Waals surface area contributed by atoms with Crippen LogP contribution in [0.3, 0.4) is 0 Å². The topological polar surface area (TPSA) is 103 Å². The highest BCUT2D eigenvalue weighted by molar-refractivity contribution is 5.92. The smallest absolute Gasteiger partial charge is 0.370 e. The third-order valence-electron chi connectivity index (χ3n) is 0.485. The van der Waals surface area contributed by atoms with Gasteiger partial charge in [-0.2, -0.15) is 4.99 Å². The highest BCUT2D eigenvalue weighted by atomic mass is 19.4. The molecule has 0 fully saturated rings. The molecule has 5 nitrogen and oxygen atoms in total. The third-order valence-corrected chi connectivity index (χ3v) is 0.485. The van der Waals surface area contributed by atoms with Crippen molar-refractivity contribution in [3.8, 4) is 0 Å². The maximum absolute atomic E-state index is 11.3. The average Bonchev–Trinajstić information content (AvgIpc) is 1.53. The number of guanidine groups is 2. The predicted molar refractivity (Wildman–Crippen MR) is 33.5 cm³/mol. The molecule has 0 spiro atoms. The Labute approximate surface area is 59.8 Å². The summed E-state index contributed by atoms with van der Waals surface area (Å²) in [7, 11) is 0. The minimum absolute atomic E-state index is 0.574. The Balaban J connectivity index is 4.36. The highest BCUT2D eigenvalue weighted by Crippen LogP contribution is 2.15. The quantitative estimate of drug-likeness (QED) is 0.248. The summed E-state index contributed by atoms with van der Waals surface area (Å²) in [4.78, 5) is 4.84. The van der Waals surface area contributed by atoms with Crippen LogP contribution in [-0.2, 0) is 0 Å². The standard InChI is InChI=1S/C3H6F3N5/c4-3(5,6)11-2(9)10-1(7)8/h(H6,7,8,9,10,11). The number of nitrogens with two attached hydrogens (primary N) is 3. The molecule has 0 rings (SSSR count). The minimum atomic E-state index is -4.75. The lowest BCUT2D eigenvalue weighted by Crippen LogP contribution is -2.27. The molecule has 0 saturated heterocycles. The van der Waals surface area contributed by atoms with E-state index in [0.29, 0.717) is 0 Å². The number of nitrogens with zero attached hydrogens (tertiary/aromatic N) is 2. The first-order valence-corrected chi connectivity index (χ1v) is 2.33. The van der Waals surface area contributed by atoms with Crippen molar-refractivity contribution >= 4 is 11.9 Å². The molecule has 0 radical (unpaired) electrons. The van der Waals surface area contributed by atoms with Gasteiger partial charge in [-0.15, -0.1) is 18.2 Å². The Morgan fingerprint density at radius 1 is 1.09 bits per heavy atom. The lowest BCUT2D eigenvalue weighted by atomic mass is 10.9. The minimum Gasteiger partial charge on any atom is -0.370 e. The summed E-state index contributed by atoms with van der Waals surface area (Å²) < 4.78 is 34.0. The van der Waals surface area contributed by atoms with E-state index in [4.69, 9.17) is 11.5 Å². The summed E-state index contributed by atoms with van der Waals surface area (Å²) in [6.45, 7) is 0. The van der Waals surface area contributed by atoms with Crippen molar-refractivity contribution in [3.63, 3.8) is 0 Å². The highest BCUT2D eigenvalue weighted by Gasteiger charge is 2.26. The Morgan fingerprint density at radius 3 is 1.82 bits per heavy atom. The van der Waals surface area contributed by atoms with Gasteiger partial charge in [0, 0.05) is 0 Å². The van der Waals surface area contributed by atoms with E-state index in [9.17, 15) is 13.2 Å². The van der Waals surface area contributed by atoms with Crippen LogP contribution in [0, 0.1) is 0 Å². The van der Waals surface area contributed by atoms with Crippen molar-refractivity contribution in [2.75, 3.05) is 0 Å². The molecule has 8 heteroatoms. The van der Waals surface area contributed by atoms with Crippen LogP contribution in [0.4, 0.5) is 13.2 Å². The largest absolute Gasteiger partial charge is 0.506 e. The molecule has 0 unspecified atom stereocenters. The fourth-order valence-electron chi connectivity index (χ4n) is 0.287. The molecule has 0 aliphatic carbocycles. The van der Waals surface area contributed by atoms with E-state index in [1.807, 2.05) is 4.99 Å². The van der Waals surface area contributed by atoms with Gasteiger partial charge in [0.2, 0.25) is 5.96 Å². The van der Waals surface area contributed by atoms with E-state index < -0.39 is 18.2 Å². The van der Waals surface area contributed by atoms with Crippen LogP contribution < -0.4 is 17.2 Å². The fraction of sp³-hybridized carbons (Fsp3) is 0.333. The molecule has 0 aliphatic heterocycles. The Hall–Kier alpha value is -1.47. The zero-order chi connectivity index (χ0) is 9.07. The molecule has 0 heterocycles. The number of hydrogen-bond donors (Lipinski definition) is 3. The van der Waals surface area contributed by atoms with Crippen LogP contribution >= 0.6 is 0 Å². The zero-order valence-electron chi connectivity index (χ0n) is 5.26. The molecule has 0 bridgehead atoms. The monoisotopic (exact) mass is 169 g/mol. The summed E-state index contributed by atoms with van der Waals surface area (Å²) >= 11 is 0. The van der Waals surface area contributed by atoms with E-state index >= 15 is 0 Å². The van der Waals surface area contributed by atoms with Gasteiger partial charge in [0.25, 0.3) is 0 Å². The molecule has 0 atom stereocenters. The van der Waals surface area contributed by atoms with E-state index in [1.165, 1.54) is 0 Å². The Kier molecular flexibility index (Phi) is 2.67. The SMILES string of the molecule is NC(N)=NC(N)=NC(F)(F)F.